The first-order valence-corrected chi connectivity index (χ1v) is 6.33. The van der Waals surface area contributed by atoms with Gasteiger partial charge in [0.25, 0.3) is 0 Å². The lowest BCUT2D eigenvalue weighted by Gasteiger charge is -2.02. The van der Waals surface area contributed by atoms with Gasteiger partial charge in [-0.1, -0.05) is 0 Å². The predicted molar refractivity (Wildman–Crippen MR) is 61.8 cm³/mol. The minimum atomic E-state index is -1.70. The van der Waals surface area contributed by atoms with Gasteiger partial charge in [0, 0.05) is 13.7 Å². The van der Waals surface area contributed by atoms with Crippen LogP contribution in [0.25, 0.3) is 0 Å². The maximum atomic E-state index is 11.7. The van der Waals surface area contributed by atoms with E-state index in [1.165, 1.54) is 19.2 Å². The molecule has 7 nitrogen and oxygen atoms in total. The molecule has 0 aliphatic rings. The standard InChI is InChI=1S/C10H13NO6S/c1-16-5-4-11-8(12)6-18(15)9-3-2-7(17-9)10(13)14/h2-3H,4-6H2,1H3,(H,11,12)(H,13,14). The molecule has 1 aromatic heterocycles. The van der Waals surface area contributed by atoms with Crippen LogP contribution in [0.1, 0.15) is 10.6 Å². The number of amides is 1. The molecule has 8 heteroatoms. The highest BCUT2D eigenvalue weighted by Crippen LogP contribution is 2.12. The molecule has 0 aliphatic heterocycles. The van der Waals surface area contributed by atoms with Crippen LogP contribution in [-0.4, -0.2) is 47.2 Å². The number of carbonyl (C=O) groups excluding carboxylic acids is 1. The van der Waals surface area contributed by atoms with Crippen LogP contribution >= 0.6 is 0 Å². The second-order valence-corrected chi connectivity index (χ2v) is 4.64. The van der Waals surface area contributed by atoms with Crippen molar-refractivity contribution in [3.63, 3.8) is 0 Å². The summed E-state index contributed by atoms with van der Waals surface area (Å²) in [5, 5.41) is 11.1. The van der Waals surface area contributed by atoms with E-state index in [0.29, 0.717) is 13.2 Å². The molecule has 1 rings (SSSR count). The Bertz CT molecular complexity index is 455. The number of hydrogen-bond donors (Lipinski definition) is 2. The highest BCUT2D eigenvalue weighted by Gasteiger charge is 2.16. The van der Waals surface area contributed by atoms with Gasteiger partial charge in [-0.3, -0.25) is 9.00 Å². The average molecular weight is 275 g/mol. The fourth-order valence-electron chi connectivity index (χ4n) is 1.09. The van der Waals surface area contributed by atoms with Gasteiger partial charge in [-0.15, -0.1) is 0 Å². The maximum Gasteiger partial charge on any atom is 0.371 e. The number of carbonyl (C=O) groups is 2. The van der Waals surface area contributed by atoms with Crippen molar-refractivity contribution in [2.24, 2.45) is 0 Å². The summed E-state index contributed by atoms with van der Waals surface area (Å²) in [4.78, 5) is 21.9. The Kier molecular flexibility index (Phi) is 5.53. The molecular weight excluding hydrogens is 262 g/mol. The lowest BCUT2D eigenvalue weighted by molar-refractivity contribution is -0.118. The molecule has 100 valence electrons. The Hall–Kier alpha value is -1.67. The summed E-state index contributed by atoms with van der Waals surface area (Å²) in [6, 6.07) is 2.47. The van der Waals surface area contributed by atoms with E-state index >= 15 is 0 Å². The Labute approximate surface area is 106 Å². The number of carboxylic acid groups (broad SMARTS) is 1. The third-order valence-corrected chi connectivity index (χ3v) is 3.10. The van der Waals surface area contributed by atoms with Crippen molar-refractivity contribution < 1.29 is 28.1 Å². The molecule has 0 spiro atoms. The quantitative estimate of drug-likeness (QED) is 0.670. The summed E-state index contributed by atoms with van der Waals surface area (Å²) in [6.45, 7) is 0.688. The monoisotopic (exact) mass is 275 g/mol. The zero-order valence-corrected chi connectivity index (χ0v) is 10.5. The highest BCUT2D eigenvalue weighted by molar-refractivity contribution is 7.85. The molecular formula is C10H13NO6S. The summed E-state index contributed by atoms with van der Waals surface area (Å²) in [7, 11) is -0.197. The number of furan rings is 1. The van der Waals surface area contributed by atoms with Crippen LogP contribution in [-0.2, 0) is 20.3 Å². The number of methoxy groups -OCH3 is 1. The van der Waals surface area contributed by atoms with Gasteiger partial charge in [-0.05, 0) is 12.1 Å². The molecule has 1 unspecified atom stereocenters. The predicted octanol–water partition coefficient (Wildman–Crippen LogP) is -0.152. The van der Waals surface area contributed by atoms with Crippen molar-refractivity contribution in [2.45, 2.75) is 5.09 Å². The summed E-state index contributed by atoms with van der Waals surface area (Å²) < 4.78 is 21.2. The third kappa shape index (κ3) is 4.30. The van der Waals surface area contributed by atoms with Crippen LogP contribution in [0.5, 0.6) is 0 Å². The van der Waals surface area contributed by atoms with Crippen molar-refractivity contribution in [2.75, 3.05) is 26.0 Å². The van der Waals surface area contributed by atoms with E-state index in [4.69, 9.17) is 14.3 Å². The van der Waals surface area contributed by atoms with E-state index in [0.717, 1.165) is 0 Å². The fraction of sp³-hybridized carbons (Fsp3) is 0.400. The molecule has 1 heterocycles. The van der Waals surface area contributed by atoms with Crippen LogP contribution in [0.15, 0.2) is 21.6 Å². The molecule has 2 N–H and O–H groups in total. The molecule has 0 radical (unpaired) electrons. The number of nitrogens with one attached hydrogen (secondary N) is 1. The first-order valence-electron chi connectivity index (χ1n) is 5.01. The minimum Gasteiger partial charge on any atom is -0.475 e. The normalized spacial score (nSPS) is 12.1. The van der Waals surface area contributed by atoms with Crippen LogP contribution in [0, 0.1) is 0 Å². The summed E-state index contributed by atoms with van der Waals surface area (Å²) in [5.41, 5.74) is 0. The van der Waals surface area contributed by atoms with Crippen molar-refractivity contribution >= 4 is 22.7 Å². The number of ether oxygens (including phenoxy) is 1. The molecule has 1 amide bonds. The van der Waals surface area contributed by atoms with Gasteiger partial charge in [0.15, 0.2) is 5.09 Å². The lowest BCUT2D eigenvalue weighted by Crippen LogP contribution is -2.30. The first-order chi connectivity index (χ1) is 8.54. The molecule has 0 aliphatic carbocycles. The van der Waals surface area contributed by atoms with Gasteiger partial charge in [0.2, 0.25) is 11.7 Å². The number of rotatable bonds is 7. The summed E-state index contributed by atoms with van der Waals surface area (Å²) in [5.74, 6) is -2.25. The largest absolute Gasteiger partial charge is 0.475 e. The van der Waals surface area contributed by atoms with E-state index in [1.807, 2.05) is 0 Å². The number of aromatic carboxylic acids is 1. The Morgan fingerprint density at radius 1 is 1.50 bits per heavy atom. The second-order valence-electron chi connectivity index (χ2n) is 3.26. The van der Waals surface area contributed by atoms with Crippen LogP contribution in [0.2, 0.25) is 0 Å². The zero-order valence-electron chi connectivity index (χ0n) is 9.67. The van der Waals surface area contributed by atoms with Crippen molar-refractivity contribution in [3.05, 3.63) is 17.9 Å². The summed E-state index contributed by atoms with van der Waals surface area (Å²) in [6.07, 6.45) is 0. The maximum absolute atomic E-state index is 11.7. The smallest absolute Gasteiger partial charge is 0.371 e. The van der Waals surface area contributed by atoms with Gasteiger partial charge >= 0.3 is 5.97 Å². The average Bonchev–Trinajstić information content (AvgIpc) is 2.78. The van der Waals surface area contributed by atoms with Crippen LogP contribution < -0.4 is 5.32 Å². The topological polar surface area (TPSA) is 106 Å². The van der Waals surface area contributed by atoms with Crippen molar-refractivity contribution in [1.29, 1.82) is 0 Å². The molecule has 0 saturated heterocycles. The van der Waals surface area contributed by atoms with E-state index in [2.05, 4.69) is 5.32 Å². The van der Waals surface area contributed by atoms with Gasteiger partial charge < -0.3 is 19.6 Å². The fourth-order valence-corrected chi connectivity index (χ4v) is 1.98. The Morgan fingerprint density at radius 2 is 2.22 bits per heavy atom. The van der Waals surface area contributed by atoms with E-state index in [1.54, 1.807) is 0 Å². The van der Waals surface area contributed by atoms with Crippen molar-refractivity contribution in [3.8, 4) is 0 Å². The van der Waals surface area contributed by atoms with Gasteiger partial charge in [0.05, 0.1) is 17.4 Å². The molecule has 0 saturated carbocycles. The molecule has 1 atom stereocenters. The summed E-state index contributed by atoms with van der Waals surface area (Å²) >= 11 is 0. The second kappa shape index (κ2) is 6.92. The molecule has 0 bridgehead atoms. The molecule has 0 aromatic carbocycles. The molecule has 18 heavy (non-hydrogen) atoms. The molecule has 1 aromatic rings. The lowest BCUT2D eigenvalue weighted by atomic mass is 10.5. The van der Waals surface area contributed by atoms with Gasteiger partial charge in [-0.2, -0.15) is 0 Å². The van der Waals surface area contributed by atoms with Crippen molar-refractivity contribution in [1.82, 2.24) is 5.32 Å². The zero-order chi connectivity index (χ0) is 13.5. The first kappa shape index (κ1) is 14.4. The SMILES string of the molecule is COCCNC(=O)CS(=O)c1ccc(C(=O)O)o1. The highest BCUT2D eigenvalue weighted by atomic mass is 32.2. The Balaban J connectivity index is 2.49. The van der Waals surface area contributed by atoms with E-state index < -0.39 is 22.7 Å². The van der Waals surface area contributed by atoms with Gasteiger partial charge in [0.1, 0.15) is 5.75 Å². The minimum absolute atomic E-state index is 0.0331. The third-order valence-electron chi connectivity index (χ3n) is 1.91. The van der Waals surface area contributed by atoms with Gasteiger partial charge in [-0.25, -0.2) is 4.79 Å². The van der Waals surface area contributed by atoms with Crippen LogP contribution in [0.3, 0.4) is 0 Å². The van der Waals surface area contributed by atoms with E-state index in [-0.39, 0.29) is 16.6 Å². The van der Waals surface area contributed by atoms with Crippen LogP contribution in [0.4, 0.5) is 0 Å². The van der Waals surface area contributed by atoms with E-state index in [9.17, 15) is 13.8 Å². The Morgan fingerprint density at radius 3 is 2.78 bits per heavy atom. The molecule has 0 fully saturated rings. The number of carboxylic acids is 1. The number of hydrogen-bond acceptors (Lipinski definition) is 5.